The smallest absolute Gasteiger partial charge is 0.238 e. The number of piperidine rings is 1. The number of fused-ring (bicyclic) bond motifs is 2. The topological polar surface area (TPSA) is 53.0 Å². The number of rotatable bonds is 5. The molecule has 2 aromatic carbocycles. The number of para-hydroxylation sites is 2. The zero-order chi connectivity index (χ0) is 18.9. The van der Waals surface area contributed by atoms with Crippen LogP contribution in [0.2, 0.25) is 0 Å². The first-order valence-electron chi connectivity index (χ1n) is 9.57. The van der Waals surface area contributed by atoms with E-state index in [-0.39, 0.29) is 19.1 Å². The molecule has 142 valence electrons. The first-order chi connectivity index (χ1) is 13.2. The number of likely N-dealkylation sites (tertiary alicyclic amines) is 1. The van der Waals surface area contributed by atoms with Crippen LogP contribution in [0.25, 0.3) is 0 Å². The first-order valence-corrected chi connectivity index (χ1v) is 9.57. The standard InChI is InChI=1S/C22H26N2O3/c1-23-19-9-4-3-8-18(19)22(21(23)26)11-6-12-24(16-22)15-17-7-2-5-10-20(17)27-14-13-25/h2-5,7-10,25H,6,11-16H2,1H3/t22-/m1/s1. The molecular formula is C22H26N2O3. The highest BCUT2D eigenvalue weighted by atomic mass is 16.5. The van der Waals surface area contributed by atoms with Crippen LogP contribution in [0.1, 0.15) is 24.0 Å². The molecule has 2 aliphatic rings. The molecule has 1 fully saturated rings. The molecule has 27 heavy (non-hydrogen) atoms. The third-order valence-electron chi connectivity index (χ3n) is 5.78. The Morgan fingerprint density at radius 1 is 1.15 bits per heavy atom. The van der Waals surface area contributed by atoms with Gasteiger partial charge in [0.15, 0.2) is 0 Å². The molecule has 0 aliphatic carbocycles. The highest BCUT2D eigenvalue weighted by Gasteiger charge is 2.51. The van der Waals surface area contributed by atoms with E-state index in [1.54, 1.807) is 0 Å². The Hall–Kier alpha value is -2.37. The van der Waals surface area contributed by atoms with Gasteiger partial charge in [-0.2, -0.15) is 0 Å². The van der Waals surface area contributed by atoms with Gasteiger partial charge in [0.2, 0.25) is 5.91 Å². The van der Waals surface area contributed by atoms with Crippen molar-refractivity contribution in [1.29, 1.82) is 0 Å². The van der Waals surface area contributed by atoms with E-state index in [4.69, 9.17) is 9.84 Å². The minimum absolute atomic E-state index is 0.00121. The number of hydrogen-bond donors (Lipinski definition) is 1. The molecule has 0 radical (unpaired) electrons. The number of nitrogens with zero attached hydrogens (tertiary/aromatic N) is 2. The van der Waals surface area contributed by atoms with Gasteiger partial charge in [0.25, 0.3) is 0 Å². The molecule has 0 bridgehead atoms. The van der Waals surface area contributed by atoms with Crippen LogP contribution in [-0.4, -0.2) is 49.3 Å². The number of carbonyl (C=O) groups excluding carboxylic acids is 1. The summed E-state index contributed by atoms with van der Waals surface area (Å²) in [4.78, 5) is 17.4. The number of carbonyl (C=O) groups is 1. The van der Waals surface area contributed by atoms with Gasteiger partial charge in [-0.3, -0.25) is 9.69 Å². The van der Waals surface area contributed by atoms with Crippen molar-refractivity contribution in [3.8, 4) is 5.75 Å². The Bertz CT molecular complexity index is 838. The number of likely N-dealkylation sites (N-methyl/N-ethyl adjacent to an activating group) is 1. The highest BCUT2D eigenvalue weighted by Crippen LogP contribution is 2.46. The predicted octanol–water partition coefficient (Wildman–Crippen LogP) is 2.57. The van der Waals surface area contributed by atoms with Crippen molar-refractivity contribution in [3.63, 3.8) is 0 Å². The summed E-state index contributed by atoms with van der Waals surface area (Å²) in [6.07, 6.45) is 1.89. The average Bonchev–Trinajstić information content (AvgIpc) is 2.90. The fourth-order valence-electron chi connectivity index (χ4n) is 4.56. The summed E-state index contributed by atoms with van der Waals surface area (Å²) in [5.41, 5.74) is 2.85. The maximum absolute atomic E-state index is 13.2. The molecule has 0 aromatic heterocycles. The average molecular weight is 366 g/mol. The summed E-state index contributed by atoms with van der Waals surface area (Å²) in [5.74, 6) is 1.01. The summed E-state index contributed by atoms with van der Waals surface area (Å²) >= 11 is 0. The van der Waals surface area contributed by atoms with Crippen molar-refractivity contribution < 1.29 is 14.6 Å². The maximum atomic E-state index is 13.2. The molecule has 1 amide bonds. The van der Waals surface area contributed by atoms with E-state index < -0.39 is 5.41 Å². The van der Waals surface area contributed by atoms with Crippen molar-refractivity contribution >= 4 is 11.6 Å². The van der Waals surface area contributed by atoms with Gasteiger partial charge >= 0.3 is 0 Å². The Balaban J connectivity index is 1.59. The summed E-state index contributed by atoms with van der Waals surface area (Å²) in [7, 11) is 1.88. The van der Waals surface area contributed by atoms with Crippen molar-refractivity contribution in [1.82, 2.24) is 4.90 Å². The van der Waals surface area contributed by atoms with Gasteiger partial charge in [-0.05, 0) is 37.1 Å². The van der Waals surface area contributed by atoms with Crippen LogP contribution in [0.5, 0.6) is 5.75 Å². The number of aliphatic hydroxyl groups excluding tert-OH is 1. The lowest BCUT2D eigenvalue weighted by Crippen LogP contribution is -2.51. The highest BCUT2D eigenvalue weighted by molar-refractivity contribution is 6.08. The molecule has 1 atom stereocenters. The number of hydrogen-bond acceptors (Lipinski definition) is 4. The van der Waals surface area contributed by atoms with Crippen molar-refractivity contribution in [2.24, 2.45) is 0 Å². The van der Waals surface area contributed by atoms with Crippen molar-refractivity contribution in [3.05, 3.63) is 59.7 Å². The monoisotopic (exact) mass is 366 g/mol. The van der Waals surface area contributed by atoms with Crippen molar-refractivity contribution in [2.75, 3.05) is 38.3 Å². The van der Waals surface area contributed by atoms with E-state index in [2.05, 4.69) is 17.0 Å². The number of ether oxygens (including phenoxy) is 1. The van der Waals surface area contributed by atoms with E-state index in [9.17, 15) is 4.79 Å². The fourth-order valence-corrected chi connectivity index (χ4v) is 4.56. The Labute approximate surface area is 160 Å². The van der Waals surface area contributed by atoms with E-state index in [0.29, 0.717) is 0 Å². The lowest BCUT2D eigenvalue weighted by Gasteiger charge is -2.39. The SMILES string of the molecule is CN1C(=O)[C@@]2(CCCN(Cc3ccccc3OCCO)C2)c2ccccc21. The molecule has 0 unspecified atom stereocenters. The summed E-state index contributed by atoms with van der Waals surface area (Å²) in [6.45, 7) is 2.72. The number of benzene rings is 2. The second-order valence-electron chi connectivity index (χ2n) is 7.46. The van der Waals surface area contributed by atoms with Crippen LogP contribution >= 0.6 is 0 Å². The quantitative estimate of drug-likeness (QED) is 0.884. The zero-order valence-electron chi connectivity index (χ0n) is 15.7. The van der Waals surface area contributed by atoms with E-state index in [0.717, 1.165) is 55.0 Å². The maximum Gasteiger partial charge on any atom is 0.238 e. The zero-order valence-corrected chi connectivity index (χ0v) is 15.7. The summed E-state index contributed by atoms with van der Waals surface area (Å²) in [6, 6.07) is 16.1. The second kappa shape index (κ2) is 7.33. The molecule has 1 spiro atoms. The lowest BCUT2D eigenvalue weighted by atomic mass is 9.75. The Kier molecular flexibility index (Phi) is 4.89. The molecule has 2 heterocycles. The predicted molar refractivity (Wildman–Crippen MR) is 105 cm³/mol. The molecule has 1 N–H and O–H groups in total. The molecule has 1 saturated heterocycles. The molecule has 5 heteroatoms. The molecule has 0 saturated carbocycles. The van der Waals surface area contributed by atoms with Crippen LogP contribution in [0, 0.1) is 0 Å². The van der Waals surface area contributed by atoms with Gasteiger partial charge in [0.05, 0.1) is 12.0 Å². The normalized spacial score (nSPS) is 22.3. The third-order valence-corrected chi connectivity index (χ3v) is 5.78. The molecule has 2 aliphatic heterocycles. The van der Waals surface area contributed by atoms with Crippen LogP contribution in [-0.2, 0) is 16.8 Å². The van der Waals surface area contributed by atoms with E-state index in [1.165, 1.54) is 0 Å². The number of anilines is 1. The second-order valence-corrected chi connectivity index (χ2v) is 7.46. The van der Waals surface area contributed by atoms with E-state index in [1.807, 2.05) is 48.3 Å². The number of amides is 1. The molecule has 2 aromatic rings. The van der Waals surface area contributed by atoms with Gasteiger partial charge in [0, 0.05) is 31.4 Å². The third kappa shape index (κ3) is 3.11. The van der Waals surface area contributed by atoms with Gasteiger partial charge in [-0.25, -0.2) is 0 Å². The van der Waals surface area contributed by atoms with E-state index >= 15 is 0 Å². The van der Waals surface area contributed by atoms with Gasteiger partial charge in [-0.15, -0.1) is 0 Å². The lowest BCUT2D eigenvalue weighted by molar-refractivity contribution is -0.125. The summed E-state index contributed by atoms with van der Waals surface area (Å²) < 4.78 is 5.69. The van der Waals surface area contributed by atoms with Crippen LogP contribution in [0.4, 0.5) is 5.69 Å². The molecule has 5 nitrogen and oxygen atoms in total. The fraction of sp³-hybridized carbons (Fsp3) is 0.409. The van der Waals surface area contributed by atoms with Crippen LogP contribution < -0.4 is 9.64 Å². The Morgan fingerprint density at radius 2 is 1.93 bits per heavy atom. The first kappa shape index (κ1) is 18.0. The largest absolute Gasteiger partial charge is 0.491 e. The Morgan fingerprint density at radius 3 is 2.78 bits per heavy atom. The molecule has 4 rings (SSSR count). The van der Waals surface area contributed by atoms with Gasteiger partial charge < -0.3 is 14.7 Å². The van der Waals surface area contributed by atoms with Crippen molar-refractivity contribution in [2.45, 2.75) is 24.8 Å². The van der Waals surface area contributed by atoms with Crippen LogP contribution in [0.3, 0.4) is 0 Å². The minimum atomic E-state index is -0.440. The minimum Gasteiger partial charge on any atom is -0.491 e. The summed E-state index contributed by atoms with van der Waals surface area (Å²) in [5, 5.41) is 9.05. The van der Waals surface area contributed by atoms with Crippen LogP contribution in [0.15, 0.2) is 48.5 Å². The van der Waals surface area contributed by atoms with Gasteiger partial charge in [-0.1, -0.05) is 36.4 Å². The number of aliphatic hydroxyl groups is 1. The van der Waals surface area contributed by atoms with Gasteiger partial charge in [0.1, 0.15) is 12.4 Å². The molecular weight excluding hydrogens is 340 g/mol.